The molecule has 7 rings (SSSR count). The molecule has 1 aromatic carbocycles. The number of ether oxygens (including phenoxy) is 1. The molecular weight excluding hydrogens is 562 g/mol. The summed E-state index contributed by atoms with van der Waals surface area (Å²) in [6.45, 7) is 0.195. The van der Waals surface area contributed by atoms with Crippen LogP contribution < -0.4 is 4.90 Å². The van der Waals surface area contributed by atoms with Crippen LogP contribution in [0.5, 0.6) is 0 Å². The number of hydrogen-bond acceptors (Lipinski definition) is 7. The van der Waals surface area contributed by atoms with Gasteiger partial charge in [-0.15, -0.1) is 0 Å². The number of alkyl halides is 3. The Morgan fingerprint density at radius 2 is 1.83 bits per heavy atom. The number of benzene rings is 1. The summed E-state index contributed by atoms with van der Waals surface area (Å²) in [5, 5.41) is 14.2. The van der Waals surface area contributed by atoms with Gasteiger partial charge in [0.1, 0.15) is 11.3 Å². The highest BCUT2D eigenvalue weighted by atomic mass is 32.1. The highest BCUT2D eigenvalue weighted by Crippen LogP contribution is 2.50. The van der Waals surface area contributed by atoms with Crippen LogP contribution in [-0.2, 0) is 11.3 Å². The molecule has 3 aromatic rings. The number of rotatable bonds is 7. The highest BCUT2D eigenvalue weighted by Gasteiger charge is 2.49. The number of carboxylic acids is 1. The van der Waals surface area contributed by atoms with Gasteiger partial charge in [-0.25, -0.2) is 14.2 Å². The van der Waals surface area contributed by atoms with Gasteiger partial charge in [-0.1, -0.05) is 29.3 Å². The van der Waals surface area contributed by atoms with Crippen LogP contribution >= 0.6 is 11.3 Å². The van der Waals surface area contributed by atoms with Gasteiger partial charge in [0, 0.05) is 29.5 Å². The lowest BCUT2D eigenvalue weighted by atomic mass is 9.76. The van der Waals surface area contributed by atoms with Crippen molar-refractivity contribution in [3.8, 4) is 0 Å². The molecule has 2 bridgehead atoms. The Morgan fingerprint density at radius 1 is 1.10 bits per heavy atom. The predicted molar refractivity (Wildman–Crippen MR) is 143 cm³/mol. The van der Waals surface area contributed by atoms with Gasteiger partial charge in [-0.05, 0) is 63.5 Å². The first kappa shape index (κ1) is 27.1. The van der Waals surface area contributed by atoms with Gasteiger partial charge < -0.3 is 19.3 Å². The summed E-state index contributed by atoms with van der Waals surface area (Å²) in [5.41, 5.74) is 1.24. The first-order chi connectivity index (χ1) is 19.7. The molecule has 4 aliphatic rings. The Labute approximate surface area is 237 Å². The zero-order chi connectivity index (χ0) is 28.5. The van der Waals surface area contributed by atoms with Crippen molar-refractivity contribution in [1.82, 2.24) is 10.1 Å². The standard InChI is InChI=1S/C29H31F4N3O4S/c30-22-9-15(27(37)38)10-23-25(22)34-28(41-23)36-16-7-8-17(36)12-18(11-16)39-13-20-24(35-40-26(20)14-5-6-14)19-3-1-2-4-21(19)29(31,32)33/h9-10,14,16-19,21H,1-8,11-13H2,(H,37,38)/t16-,17?,18?,19?,21?/m0/s1. The fourth-order valence-corrected chi connectivity index (χ4v) is 8.44. The Hall–Kier alpha value is -2.73. The molecule has 4 unspecified atom stereocenters. The van der Waals surface area contributed by atoms with E-state index in [2.05, 4.69) is 15.0 Å². The van der Waals surface area contributed by atoms with Gasteiger partial charge in [0.2, 0.25) is 0 Å². The zero-order valence-electron chi connectivity index (χ0n) is 22.3. The molecule has 0 radical (unpaired) electrons. The van der Waals surface area contributed by atoms with Crippen molar-refractivity contribution in [3.05, 3.63) is 40.5 Å². The van der Waals surface area contributed by atoms with Crippen LogP contribution in [-0.4, -0.2) is 45.6 Å². The second-order valence-electron chi connectivity index (χ2n) is 12.0. The lowest BCUT2D eigenvalue weighted by Crippen LogP contribution is -2.45. The number of carbonyl (C=O) groups is 1. The average Bonchev–Trinajstić information content (AvgIpc) is 3.44. The van der Waals surface area contributed by atoms with E-state index in [4.69, 9.17) is 9.26 Å². The van der Waals surface area contributed by atoms with E-state index in [9.17, 15) is 27.5 Å². The summed E-state index contributed by atoms with van der Waals surface area (Å²) in [4.78, 5) is 18.1. The van der Waals surface area contributed by atoms with Crippen LogP contribution in [0.15, 0.2) is 16.7 Å². The van der Waals surface area contributed by atoms with Crippen LogP contribution in [0.3, 0.4) is 0 Å². The van der Waals surface area contributed by atoms with Crippen LogP contribution in [0.1, 0.15) is 103 Å². The largest absolute Gasteiger partial charge is 0.478 e. The number of fused-ring (bicyclic) bond motifs is 3. The number of aromatic nitrogens is 2. The normalized spacial score (nSPS) is 28.5. The minimum atomic E-state index is -4.27. The molecule has 2 aromatic heterocycles. The molecule has 2 saturated carbocycles. The van der Waals surface area contributed by atoms with E-state index < -0.39 is 29.8 Å². The summed E-state index contributed by atoms with van der Waals surface area (Å²) in [6, 6.07) is 2.74. The van der Waals surface area contributed by atoms with E-state index in [0.717, 1.165) is 56.6 Å². The van der Waals surface area contributed by atoms with Gasteiger partial charge in [-0.3, -0.25) is 0 Å². The van der Waals surface area contributed by atoms with Gasteiger partial charge in [0.15, 0.2) is 10.9 Å². The molecule has 4 fully saturated rings. The Bertz CT molecular complexity index is 1450. The van der Waals surface area contributed by atoms with Gasteiger partial charge in [-0.2, -0.15) is 13.2 Å². The van der Waals surface area contributed by atoms with Crippen molar-refractivity contribution in [2.45, 2.75) is 107 Å². The molecule has 7 nitrogen and oxygen atoms in total. The van der Waals surface area contributed by atoms with E-state index in [-0.39, 0.29) is 48.2 Å². The van der Waals surface area contributed by atoms with Crippen molar-refractivity contribution >= 4 is 32.7 Å². The Kier molecular flexibility index (Phi) is 6.76. The lowest BCUT2D eigenvalue weighted by molar-refractivity contribution is -0.187. The maximum Gasteiger partial charge on any atom is 0.392 e. The molecule has 12 heteroatoms. The number of hydrogen-bond donors (Lipinski definition) is 1. The molecule has 2 aliphatic carbocycles. The molecule has 41 heavy (non-hydrogen) atoms. The monoisotopic (exact) mass is 593 g/mol. The maximum absolute atomic E-state index is 14.6. The molecule has 5 atom stereocenters. The van der Waals surface area contributed by atoms with Crippen LogP contribution in [0, 0.1) is 11.7 Å². The van der Waals surface area contributed by atoms with Crippen LogP contribution in [0.4, 0.5) is 22.7 Å². The van der Waals surface area contributed by atoms with Gasteiger partial charge in [0.25, 0.3) is 0 Å². The summed E-state index contributed by atoms with van der Waals surface area (Å²) in [5.74, 6) is -3.02. The van der Waals surface area contributed by atoms with E-state index in [1.165, 1.54) is 17.4 Å². The molecular formula is C29H31F4N3O4S. The number of piperidine rings is 1. The minimum absolute atomic E-state index is 0.0759. The SMILES string of the molecule is O=C(O)c1cc(F)c2nc(N3C4CC[C@H]3CC(OCc3c(C5CCCCC5C(F)(F)F)noc3C3CC3)C4)sc2c1. The molecule has 0 amide bonds. The summed E-state index contributed by atoms with van der Waals surface area (Å²) >= 11 is 1.30. The molecule has 220 valence electrons. The van der Waals surface area contributed by atoms with E-state index >= 15 is 0 Å². The Morgan fingerprint density at radius 3 is 2.51 bits per heavy atom. The third-order valence-electron chi connectivity index (χ3n) is 9.39. The first-order valence-corrected chi connectivity index (χ1v) is 15.3. The van der Waals surface area contributed by atoms with Gasteiger partial charge >= 0.3 is 12.1 Å². The topological polar surface area (TPSA) is 88.7 Å². The number of halogens is 4. The zero-order valence-corrected chi connectivity index (χ0v) is 23.1. The lowest BCUT2D eigenvalue weighted by Gasteiger charge is -2.38. The summed E-state index contributed by atoms with van der Waals surface area (Å²) in [6.07, 6.45) is 2.77. The fourth-order valence-electron chi connectivity index (χ4n) is 7.28. The number of aromatic carboxylic acids is 1. The minimum Gasteiger partial charge on any atom is -0.478 e. The molecule has 1 N–H and O–H groups in total. The van der Waals surface area contributed by atoms with Crippen molar-refractivity contribution in [2.75, 3.05) is 4.90 Å². The number of nitrogens with zero attached hydrogens (tertiary/aromatic N) is 3. The van der Waals surface area contributed by atoms with Gasteiger partial charge in [0.05, 0.1) is 34.6 Å². The van der Waals surface area contributed by atoms with Crippen molar-refractivity contribution in [1.29, 1.82) is 0 Å². The third kappa shape index (κ3) is 5.00. The third-order valence-corrected chi connectivity index (χ3v) is 10.4. The van der Waals surface area contributed by atoms with Crippen LogP contribution in [0.25, 0.3) is 10.2 Å². The second kappa shape index (κ2) is 10.2. The van der Waals surface area contributed by atoms with E-state index in [1.807, 2.05) is 0 Å². The molecule has 0 spiro atoms. The Balaban J connectivity index is 1.08. The smallest absolute Gasteiger partial charge is 0.392 e. The number of anilines is 1. The van der Waals surface area contributed by atoms with E-state index in [0.29, 0.717) is 34.1 Å². The number of thiazole rings is 1. The quantitative estimate of drug-likeness (QED) is 0.283. The molecule has 4 heterocycles. The first-order valence-electron chi connectivity index (χ1n) is 14.5. The highest BCUT2D eigenvalue weighted by molar-refractivity contribution is 7.22. The maximum atomic E-state index is 14.6. The van der Waals surface area contributed by atoms with Crippen LogP contribution in [0.2, 0.25) is 0 Å². The number of carboxylic acid groups (broad SMARTS) is 1. The fraction of sp³-hybridized carbons (Fsp3) is 0.621. The van der Waals surface area contributed by atoms with E-state index in [1.54, 1.807) is 0 Å². The second-order valence-corrected chi connectivity index (χ2v) is 13.0. The summed E-state index contributed by atoms with van der Waals surface area (Å²) in [7, 11) is 0. The molecule has 2 saturated heterocycles. The van der Waals surface area contributed by atoms with Crippen molar-refractivity contribution < 1.29 is 36.7 Å². The average molecular weight is 594 g/mol. The predicted octanol–water partition coefficient (Wildman–Crippen LogP) is 7.55. The molecule has 2 aliphatic heterocycles. The summed E-state index contributed by atoms with van der Waals surface area (Å²) < 4.78 is 69.0. The van der Waals surface area contributed by atoms with Crippen molar-refractivity contribution in [2.24, 2.45) is 5.92 Å². The van der Waals surface area contributed by atoms with Crippen molar-refractivity contribution in [3.63, 3.8) is 0 Å².